The van der Waals surface area contributed by atoms with Crippen LogP contribution >= 0.6 is 0 Å². The maximum atomic E-state index is 11.7. The third kappa shape index (κ3) is 2.61. The average molecular weight is 272 g/mol. The number of aliphatic hydroxyl groups excluding tert-OH is 3. The molecule has 106 valence electrons. The van der Waals surface area contributed by atoms with E-state index in [0.29, 0.717) is 5.56 Å². The fourth-order valence-electron chi connectivity index (χ4n) is 2.10. The third-order valence-corrected chi connectivity index (χ3v) is 3.16. The quantitative estimate of drug-likeness (QED) is 0.497. The maximum Gasteiger partial charge on any atom is 0.330 e. The minimum atomic E-state index is -1.22. The van der Waals surface area contributed by atoms with E-state index < -0.39 is 42.4 Å². The van der Waals surface area contributed by atoms with Crippen LogP contribution < -0.4 is 11.2 Å². The molecule has 0 aliphatic carbocycles. The number of H-pyrrole nitrogens is 1. The molecular formula is C11H16N2O6. The van der Waals surface area contributed by atoms with Gasteiger partial charge in [-0.3, -0.25) is 14.3 Å². The lowest BCUT2D eigenvalue weighted by atomic mass is 10.1. The van der Waals surface area contributed by atoms with Gasteiger partial charge in [0.25, 0.3) is 5.56 Å². The summed E-state index contributed by atoms with van der Waals surface area (Å²) in [4.78, 5) is 25.1. The zero-order valence-electron chi connectivity index (χ0n) is 10.3. The van der Waals surface area contributed by atoms with Gasteiger partial charge in [-0.15, -0.1) is 0 Å². The molecule has 0 radical (unpaired) electrons. The number of hydrogen-bond acceptors (Lipinski definition) is 6. The van der Waals surface area contributed by atoms with Gasteiger partial charge in [-0.25, -0.2) is 4.79 Å². The van der Waals surface area contributed by atoms with Crippen LogP contribution in [0.25, 0.3) is 0 Å². The molecule has 0 bridgehead atoms. The Morgan fingerprint density at radius 1 is 1.58 bits per heavy atom. The molecule has 0 spiro atoms. The molecule has 1 unspecified atom stereocenters. The number of nitrogens with one attached hydrogen (secondary N) is 1. The molecular weight excluding hydrogens is 256 g/mol. The Morgan fingerprint density at radius 3 is 2.89 bits per heavy atom. The summed E-state index contributed by atoms with van der Waals surface area (Å²) < 4.78 is 6.53. The average Bonchev–Trinajstić information content (AvgIpc) is 2.75. The first-order valence-electron chi connectivity index (χ1n) is 5.88. The van der Waals surface area contributed by atoms with Crippen molar-refractivity contribution in [1.29, 1.82) is 0 Å². The summed E-state index contributed by atoms with van der Waals surface area (Å²) in [5, 5.41) is 28.1. The smallest absolute Gasteiger partial charge is 0.330 e. The number of aliphatic hydroxyl groups is 3. The molecule has 19 heavy (non-hydrogen) atoms. The zero-order valence-corrected chi connectivity index (χ0v) is 10.3. The number of rotatable bonds is 3. The number of aromatic nitrogens is 2. The van der Waals surface area contributed by atoms with Gasteiger partial charge >= 0.3 is 5.69 Å². The third-order valence-electron chi connectivity index (χ3n) is 3.16. The van der Waals surface area contributed by atoms with Crippen LogP contribution in [0.15, 0.2) is 15.8 Å². The standard InChI is InChI=1S/C11H16N2O6/c1-5-3-13(11(18)12-10(5)17)8-2-6(15)9(19-8)7(16)4-14/h3,6-9,14-16H,2,4H2,1H3,(H,12,17,18)/t6-,7?,8+,9-/m0/s1. The van der Waals surface area contributed by atoms with Crippen molar-refractivity contribution in [3.05, 3.63) is 32.6 Å². The van der Waals surface area contributed by atoms with Gasteiger partial charge in [-0.2, -0.15) is 0 Å². The molecule has 4 atom stereocenters. The Labute approximate surface area is 107 Å². The fraction of sp³-hybridized carbons (Fsp3) is 0.636. The summed E-state index contributed by atoms with van der Waals surface area (Å²) in [6.45, 7) is 0.994. The van der Waals surface area contributed by atoms with E-state index in [2.05, 4.69) is 4.98 Å². The Morgan fingerprint density at radius 2 is 2.26 bits per heavy atom. The molecule has 1 aromatic rings. The van der Waals surface area contributed by atoms with Crippen molar-refractivity contribution >= 4 is 0 Å². The summed E-state index contributed by atoms with van der Waals surface area (Å²) >= 11 is 0. The first-order valence-corrected chi connectivity index (χ1v) is 5.88. The van der Waals surface area contributed by atoms with Gasteiger partial charge in [0, 0.05) is 18.2 Å². The van der Waals surface area contributed by atoms with Crippen molar-refractivity contribution in [3.63, 3.8) is 0 Å². The zero-order chi connectivity index (χ0) is 14.2. The van der Waals surface area contributed by atoms with E-state index in [1.807, 2.05) is 0 Å². The Hall–Kier alpha value is -1.48. The molecule has 0 amide bonds. The maximum absolute atomic E-state index is 11.7. The van der Waals surface area contributed by atoms with Crippen molar-refractivity contribution in [1.82, 2.24) is 9.55 Å². The molecule has 1 aliphatic heterocycles. The van der Waals surface area contributed by atoms with Crippen LogP contribution in [0, 0.1) is 6.92 Å². The van der Waals surface area contributed by atoms with E-state index in [1.165, 1.54) is 6.20 Å². The van der Waals surface area contributed by atoms with Crippen LogP contribution in [-0.2, 0) is 4.74 Å². The highest BCUT2D eigenvalue weighted by atomic mass is 16.5. The Kier molecular flexibility index (Phi) is 3.85. The Balaban J connectivity index is 2.28. The molecule has 0 saturated carbocycles. The number of aromatic amines is 1. The van der Waals surface area contributed by atoms with Gasteiger partial charge in [0.15, 0.2) is 0 Å². The van der Waals surface area contributed by atoms with Crippen LogP contribution in [0.2, 0.25) is 0 Å². The van der Waals surface area contributed by atoms with E-state index in [9.17, 15) is 19.8 Å². The highest BCUT2D eigenvalue weighted by Gasteiger charge is 2.39. The lowest BCUT2D eigenvalue weighted by Gasteiger charge is -2.19. The van der Waals surface area contributed by atoms with Crippen LogP contribution in [0.3, 0.4) is 0 Å². The van der Waals surface area contributed by atoms with E-state index in [-0.39, 0.29) is 6.42 Å². The molecule has 4 N–H and O–H groups in total. The molecule has 1 aromatic heterocycles. The van der Waals surface area contributed by atoms with Crippen molar-refractivity contribution in [2.45, 2.75) is 37.9 Å². The molecule has 0 aromatic carbocycles. The summed E-state index contributed by atoms with van der Waals surface area (Å²) in [5.74, 6) is 0. The molecule has 8 heteroatoms. The second-order valence-electron chi connectivity index (χ2n) is 4.59. The van der Waals surface area contributed by atoms with Gasteiger partial charge in [0.05, 0.1) is 12.7 Å². The fourth-order valence-corrected chi connectivity index (χ4v) is 2.10. The van der Waals surface area contributed by atoms with Crippen LogP contribution in [0.1, 0.15) is 18.2 Å². The SMILES string of the molecule is Cc1cn([C@H]2C[C@H](O)[C@@H](C(O)CO)O2)c(=O)[nH]c1=O. The number of hydrogen-bond donors (Lipinski definition) is 4. The first kappa shape index (κ1) is 13.9. The molecule has 2 heterocycles. The first-order chi connectivity index (χ1) is 8.93. The normalized spacial score (nSPS) is 28.5. The van der Waals surface area contributed by atoms with Gasteiger partial charge in [-0.05, 0) is 6.92 Å². The Bertz CT molecular complexity index is 565. The lowest BCUT2D eigenvalue weighted by Crippen LogP contribution is -2.37. The highest BCUT2D eigenvalue weighted by Crippen LogP contribution is 2.29. The van der Waals surface area contributed by atoms with Crippen LogP contribution in [0.5, 0.6) is 0 Å². The van der Waals surface area contributed by atoms with E-state index in [0.717, 1.165) is 4.57 Å². The molecule has 1 fully saturated rings. The van der Waals surface area contributed by atoms with Gasteiger partial charge < -0.3 is 20.1 Å². The van der Waals surface area contributed by atoms with Crippen molar-refractivity contribution in [2.24, 2.45) is 0 Å². The summed E-state index contributed by atoms with van der Waals surface area (Å²) in [5.41, 5.74) is -0.789. The second-order valence-corrected chi connectivity index (χ2v) is 4.59. The lowest BCUT2D eigenvalue weighted by molar-refractivity contribution is -0.0965. The summed E-state index contributed by atoms with van der Waals surface area (Å²) in [6.07, 6.45) is -2.54. The largest absolute Gasteiger partial charge is 0.394 e. The second kappa shape index (κ2) is 5.25. The van der Waals surface area contributed by atoms with E-state index in [1.54, 1.807) is 6.92 Å². The number of aryl methyl sites for hydroxylation is 1. The van der Waals surface area contributed by atoms with Gasteiger partial charge in [0.1, 0.15) is 18.4 Å². The van der Waals surface area contributed by atoms with Crippen molar-refractivity contribution < 1.29 is 20.1 Å². The molecule has 8 nitrogen and oxygen atoms in total. The van der Waals surface area contributed by atoms with Crippen LogP contribution in [0.4, 0.5) is 0 Å². The van der Waals surface area contributed by atoms with E-state index in [4.69, 9.17) is 9.84 Å². The van der Waals surface area contributed by atoms with Crippen molar-refractivity contribution in [2.75, 3.05) is 6.61 Å². The topological polar surface area (TPSA) is 125 Å². The minimum Gasteiger partial charge on any atom is -0.394 e. The molecule has 1 saturated heterocycles. The van der Waals surface area contributed by atoms with E-state index >= 15 is 0 Å². The van der Waals surface area contributed by atoms with Gasteiger partial charge in [0.2, 0.25) is 0 Å². The number of ether oxygens (including phenoxy) is 1. The minimum absolute atomic E-state index is 0.0904. The predicted molar refractivity (Wildman–Crippen MR) is 63.7 cm³/mol. The van der Waals surface area contributed by atoms with Crippen molar-refractivity contribution in [3.8, 4) is 0 Å². The summed E-state index contributed by atoms with van der Waals surface area (Å²) in [7, 11) is 0. The number of nitrogens with zero attached hydrogens (tertiary/aromatic N) is 1. The molecule has 2 rings (SSSR count). The predicted octanol–water partition coefficient (Wildman–Crippen LogP) is -2.15. The monoisotopic (exact) mass is 272 g/mol. The van der Waals surface area contributed by atoms with Crippen LogP contribution in [-0.4, -0.2) is 49.8 Å². The highest BCUT2D eigenvalue weighted by molar-refractivity contribution is 5.02. The summed E-state index contributed by atoms with van der Waals surface area (Å²) in [6, 6.07) is 0. The van der Waals surface area contributed by atoms with Gasteiger partial charge in [-0.1, -0.05) is 0 Å². The molecule has 1 aliphatic rings.